The molecular formula is C21H28ClN2O2S+. The fraction of sp³-hybridized carbons (Fsp3) is 0.429. The molecule has 1 heterocycles. The van der Waals surface area contributed by atoms with Gasteiger partial charge in [0.15, 0.2) is 0 Å². The molecule has 1 saturated heterocycles. The van der Waals surface area contributed by atoms with Gasteiger partial charge in [0.2, 0.25) is 10.0 Å². The average molecular weight is 408 g/mol. The van der Waals surface area contributed by atoms with Crippen LogP contribution in [0.1, 0.15) is 35.2 Å². The average Bonchev–Trinajstić information content (AvgIpc) is 2.65. The Bertz CT molecular complexity index is 935. The first-order valence-corrected chi connectivity index (χ1v) is 11.2. The third kappa shape index (κ3) is 4.21. The van der Waals surface area contributed by atoms with Crippen molar-refractivity contribution < 1.29 is 13.3 Å². The van der Waals surface area contributed by atoms with Crippen LogP contribution in [0.2, 0.25) is 5.02 Å². The molecule has 1 fully saturated rings. The third-order valence-corrected chi connectivity index (χ3v) is 8.09. The van der Waals surface area contributed by atoms with Crippen molar-refractivity contribution in [2.24, 2.45) is 0 Å². The highest BCUT2D eigenvalue weighted by atomic mass is 35.5. The van der Waals surface area contributed by atoms with Gasteiger partial charge in [-0.3, -0.25) is 0 Å². The summed E-state index contributed by atoms with van der Waals surface area (Å²) >= 11 is 6.13. The molecule has 2 aromatic carbocycles. The molecule has 0 radical (unpaired) electrons. The molecule has 1 N–H and O–H groups in total. The summed E-state index contributed by atoms with van der Waals surface area (Å²) in [4.78, 5) is 1.70. The molecule has 1 atom stereocenters. The summed E-state index contributed by atoms with van der Waals surface area (Å²) in [6.45, 7) is 11.0. The standard InChI is InChI=1S/C21H27ClN2O2S/c1-15-5-7-19(13-17(15)3)18(4)23-9-11-24(12-10-23)27(25,26)20-8-6-16(2)21(22)14-20/h5-8,13-14,18H,9-12H2,1-4H3/p+1/t18-/m0/s1. The number of nitrogens with one attached hydrogen (secondary N) is 1. The van der Waals surface area contributed by atoms with Gasteiger partial charge in [0.25, 0.3) is 0 Å². The van der Waals surface area contributed by atoms with Gasteiger partial charge in [0.05, 0.1) is 31.1 Å². The van der Waals surface area contributed by atoms with E-state index in [-0.39, 0.29) is 4.90 Å². The number of aryl methyl sites for hydroxylation is 3. The fourth-order valence-corrected chi connectivity index (χ4v) is 5.31. The van der Waals surface area contributed by atoms with Gasteiger partial charge in [-0.1, -0.05) is 29.8 Å². The van der Waals surface area contributed by atoms with Crippen LogP contribution in [0.15, 0.2) is 41.3 Å². The first-order chi connectivity index (χ1) is 12.7. The van der Waals surface area contributed by atoms with E-state index < -0.39 is 10.0 Å². The van der Waals surface area contributed by atoms with Crippen LogP contribution in [0, 0.1) is 20.8 Å². The van der Waals surface area contributed by atoms with E-state index in [4.69, 9.17) is 11.6 Å². The Morgan fingerprint density at radius 1 is 0.963 bits per heavy atom. The van der Waals surface area contributed by atoms with Crippen molar-refractivity contribution in [3.8, 4) is 0 Å². The fourth-order valence-electron chi connectivity index (χ4n) is 3.60. The number of halogens is 1. The second kappa shape index (κ2) is 7.92. The van der Waals surface area contributed by atoms with Gasteiger partial charge in [0.1, 0.15) is 6.04 Å². The van der Waals surface area contributed by atoms with Crippen LogP contribution in [0.4, 0.5) is 0 Å². The first-order valence-electron chi connectivity index (χ1n) is 9.38. The van der Waals surface area contributed by atoms with Crippen LogP contribution in [-0.2, 0) is 10.0 Å². The summed E-state index contributed by atoms with van der Waals surface area (Å²) in [6.07, 6.45) is 0. The number of quaternary nitrogens is 1. The summed E-state index contributed by atoms with van der Waals surface area (Å²) in [6, 6.07) is 11.9. The predicted molar refractivity (Wildman–Crippen MR) is 110 cm³/mol. The zero-order valence-electron chi connectivity index (χ0n) is 16.4. The summed E-state index contributed by atoms with van der Waals surface area (Å²) in [5.74, 6) is 0. The second-order valence-electron chi connectivity index (χ2n) is 7.54. The molecule has 6 heteroatoms. The largest absolute Gasteiger partial charge is 0.327 e. The maximum atomic E-state index is 12.9. The van der Waals surface area contributed by atoms with Crippen molar-refractivity contribution >= 4 is 21.6 Å². The lowest BCUT2D eigenvalue weighted by atomic mass is 10.0. The van der Waals surface area contributed by atoms with Crippen molar-refractivity contribution in [3.63, 3.8) is 0 Å². The minimum absolute atomic E-state index is 0.281. The van der Waals surface area contributed by atoms with E-state index in [0.29, 0.717) is 24.2 Å². The van der Waals surface area contributed by atoms with E-state index in [1.54, 1.807) is 22.5 Å². The van der Waals surface area contributed by atoms with E-state index in [9.17, 15) is 8.42 Å². The Kier molecular flexibility index (Phi) is 5.96. The van der Waals surface area contributed by atoms with E-state index in [1.165, 1.54) is 21.6 Å². The van der Waals surface area contributed by atoms with Crippen LogP contribution >= 0.6 is 11.6 Å². The number of rotatable bonds is 4. The van der Waals surface area contributed by atoms with Gasteiger partial charge >= 0.3 is 0 Å². The lowest BCUT2D eigenvalue weighted by Gasteiger charge is -2.35. The van der Waals surface area contributed by atoms with E-state index in [0.717, 1.165) is 18.7 Å². The molecule has 0 spiro atoms. The molecular weight excluding hydrogens is 380 g/mol. The van der Waals surface area contributed by atoms with Crippen LogP contribution in [0.3, 0.4) is 0 Å². The minimum Gasteiger partial charge on any atom is -0.327 e. The predicted octanol–water partition coefficient (Wildman–Crippen LogP) is 2.92. The van der Waals surface area contributed by atoms with Crippen molar-refractivity contribution in [2.45, 2.75) is 38.6 Å². The second-order valence-corrected chi connectivity index (χ2v) is 9.88. The maximum absolute atomic E-state index is 12.9. The molecule has 0 bridgehead atoms. The highest BCUT2D eigenvalue weighted by Gasteiger charge is 2.32. The van der Waals surface area contributed by atoms with Crippen molar-refractivity contribution in [2.75, 3.05) is 26.2 Å². The van der Waals surface area contributed by atoms with E-state index in [1.807, 2.05) is 6.92 Å². The normalized spacial score (nSPS) is 17.8. The van der Waals surface area contributed by atoms with Crippen molar-refractivity contribution in [3.05, 3.63) is 63.7 Å². The molecule has 146 valence electrons. The summed E-state index contributed by atoms with van der Waals surface area (Å²) < 4.78 is 27.5. The van der Waals surface area contributed by atoms with E-state index in [2.05, 4.69) is 39.0 Å². The Balaban J connectivity index is 1.70. The molecule has 0 aromatic heterocycles. The topological polar surface area (TPSA) is 41.8 Å². The van der Waals surface area contributed by atoms with Gasteiger partial charge < -0.3 is 4.90 Å². The monoisotopic (exact) mass is 407 g/mol. The molecule has 2 aromatic rings. The lowest BCUT2D eigenvalue weighted by molar-refractivity contribution is -0.933. The molecule has 1 aliphatic rings. The summed E-state index contributed by atoms with van der Waals surface area (Å²) in [5.41, 5.74) is 4.80. The Morgan fingerprint density at radius 2 is 1.59 bits per heavy atom. The van der Waals surface area contributed by atoms with Gasteiger partial charge in [-0.25, -0.2) is 8.42 Å². The minimum atomic E-state index is -3.49. The number of hydrogen-bond acceptors (Lipinski definition) is 2. The summed E-state index contributed by atoms with van der Waals surface area (Å²) in [7, 11) is -3.49. The zero-order chi connectivity index (χ0) is 19.8. The molecule has 0 aliphatic carbocycles. The van der Waals surface area contributed by atoms with Gasteiger partial charge in [-0.15, -0.1) is 0 Å². The molecule has 0 unspecified atom stereocenters. The van der Waals surface area contributed by atoms with Crippen molar-refractivity contribution in [1.82, 2.24) is 4.31 Å². The Hall–Kier alpha value is -1.40. The smallest absolute Gasteiger partial charge is 0.243 e. The molecule has 4 nitrogen and oxygen atoms in total. The quantitative estimate of drug-likeness (QED) is 0.846. The Morgan fingerprint density at radius 3 is 2.19 bits per heavy atom. The van der Waals surface area contributed by atoms with Gasteiger partial charge in [-0.2, -0.15) is 4.31 Å². The number of piperazine rings is 1. The number of benzene rings is 2. The van der Waals surface area contributed by atoms with Gasteiger partial charge in [0, 0.05) is 10.6 Å². The highest BCUT2D eigenvalue weighted by Crippen LogP contribution is 2.23. The van der Waals surface area contributed by atoms with Crippen LogP contribution in [-0.4, -0.2) is 38.9 Å². The summed E-state index contributed by atoms with van der Waals surface area (Å²) in [5, 5.41) is 0.490. The van der Waals surface area contributed by atoms with E-state index >= 15 is 0 Å². The SMILES string of the molecule is Cc1ccc([C@H](C)[NH+]2CCN(S(=O)(=O)c3ccc(C)c(Cl)c3)CC2)cc1C. The third-order valence-electron chi connectivity index (χ3n) is 5.79. The lowest BCUT2D eigenvalue weighted by Crippen LogP contribution is -3.14. The zero-order valence-corrected chi connectivity index (χ0v) is 18.0. The molecule has 3 rings (SSSR count). The Labute approximate surface area is 167 Å². The number of nitrogens with zero attached hydrogens (tertiary/aromatic N) is 1. The molecule has 1 aliphatic heterocycles. The number of sulfonamides is 1. The first kappa shape index (κ1) is 20.3. The van der Waals surface area contributed by atoms with Crippen LogP contribution < -0.4 is 4.90 Å². The van der Waals surface area contributed by atoms with Crippen molar-refractivity contribution in [1.29, 1.82) is 0 Å². The van der Waals surface area contributed by atoms with Gasteiger partial charge in [-0.05, 0) is 62.6 Å². The number of hydrogen-bond donors (Lipinski definition) is 1. The maximum Gasteiger partial charge on any atom is 0.243 e. The molecule has 27 heavy (non-hydrogen) atoms. The molecule has 0 saturated carbocycles. The van der Waals surface area contributed by atoms with Crippen LogP contribution in [0.25, 0.3) is 0 Å². The molecule has 0 amide bonds. The van der Waals surface area contributed by atoms with Crippen LogP contribution in [0.5, 0.6) is 0 Å². The highest BCUT2D eigenvalue weighted by molar-refractivity contribution is 7.89.